The number of anilines is 2. The molecular formula is C16H13BrN4O4S. The van der Waals surface area contributed by atoms with Gasteiger partial charge in [0.15, 0.2) is 5.11 Å². The van der Waals surface area contributed by atoms with Crippen LogP contribution in [-0.2, 0) is 4.79 Å². The van der Waals surface area contributed by atoms with E-state index in [4.69, 9.17) is 12.2 Å². The van der Waals surface area contributed by atoms with E-state index in [9.17, 15) is 19.7 Å². The molecule has 8 nitrogen and oxygen atoms in total. The van der Waals surface area contributed by atoms with Gasteiger partial charge in [0, 0.05) is 34.9 Å². The van der Waals surface area contributed by atoms with Crippen molar-refractivity contribution < 1.29 is 14.5 Å². The third kappa shape index (κ3) is 5.33. The molecule has 134 valence electrons. The van der Waals surface area contributed by atoms with Gasteiger partial charge in [-0.1, -0.05) is 0 Å². The van der Waals surface area contributed by atoms with Crippen LogP contribution in [0.25, 0.3) is 0 Å². The Hall–Kier alpha value is -2.85. The molecule has 0 unspecified atom stereocenters. The predicted molar refractivity (Wildman–Crippen MR) is 105 cm³/mol. The Morgan fingerprint density at radius 1 is 1.08 bits per heavy atom. The van der Waals surface area contributed by atoms with Gasteiger partial charge in [-0.3, -0.25) is 19.7 Å². The minimum absolute atomic E-state index is 0.147. The van der Waals surface area contributed by atoms with Crippen LogP contribution in [0.4, 0.5) is 17.1 Å². The van der Waals surface area contributed by atoms with Gasteiger partial charge in [-0.2, -0.15) is 0 Å². The van der Waals surface area contributed by atoms with E-state index < -0.39 is 10.8 Å². The van der Waals surface area contributed by atoms with Gasteiger partial charge in [0.1, 0.15) is 0 Å². The van der Waals surface area contributed by atoms with Crippen molar-refractivity contribution in [3.63, 3.8) is 0 Å². The lowest BCUT2D eigenvalue weighted by Gasteiger charge is -2.10. The molecule has 2 aromatic carbocycles. The summed E-state index contributed by atoms with van der Waals surface area (Å²) in [5.41, 5.74) is 1.08. The van der Waals surface area contributed by atoms with Crippen molar-refractivity contribution in [2.45, 2.75) is 6.92 Å². The summed E-state index contributed by atoms with van der Waals surface area (Å²) in [5, 5.41) is 18.9. The Labute approximate surface area is 162 Å². The Kier molecular flexibility index (Phi) is 6.36. The van der Waals surface area contributed by atoms with Gasteiger partial charge in [0.25, 0.3) is 11.6 Å². The molecule has 0 heterocycles. The van der Waals surface area contributed by atoms with Crippen LogP contribution in [-0.4, -0.2) is 21.9 Å². The molecule has 0 radical (unpaired) electrons. The molecule has 0 aliphatic rings. The number of non-ortho nitro benzene ring substituents is 1. The fourth-order valence-electron chi connectivity index (χ4n) is 1.96. The molecule has 10 heteroatoms. The van der Waals surface area contributed by atoms with E-state index in [1.807, 2.05) is 0 Å². The lowest BCUT2D eigenvalue weighted by Crippen LogP contribution is -2.32. The first kappa shape index (κ1) is 19.5. The monoisotopic (exact) mass is 436 g/mol. The quantitative estimate of drug-likeness (QED) is 0.384. The number of benzene rings is 2. The predicted octanol–water partition coefficient (Wildman–Crippen LogP) is 3.44. The van der Waals surface area contributed by atoms with E-state index >= 15 is 0 Å². The van der Waals surface area contributed by atoms with Gasteiger partial charge in [-0.15, -0.1) is 0 Å². The fraction of sp³-hybridized carbons (Fsp3) is 0.0625. The number of hydrogen-bond donors (Lipinski definition) is 3. The lowest BCUT2D eigenvalue weighted by atomic mass is 10.2. The van der Waals surface area contributed by atoms with Crippen molar-refractivity contribution in [3.8, 4) is 0 Å². The second kappa shape index (κ2) is 8.50. The van der Waals surface area contributed by atoms with Gasteiger partial charge in [-0.05, 0) is 58.5 Å². The molecule has 2 amide bonds. The second-order valence-electron chi connectivity index (χ2n) is 5.09. The van der Waals surface area contributed by atoms with E-state index in [1.165, 1.54) is 25.1 Å². The summed E-state index contributed by atoms with van der Waals surface area (Å²) >= 11 is 8.16. The Balaban J connectivity index is 2.08. The molecule has 26 heavy (non-hydrogen) atoms. The molecule has 0 aromatic heterocycles. The third-order valence-corrected chi connectivity index (χ3v) is 3.99. The van der Waals surface area contributed by atoms with Crippen molar-refractivity contribution in [2.24, 2.45) is 0 Å². The zero-order chi connectivity index (χ0) is 19.3. The van der Waals surface area contributed by atoms with Crippen molar-refractivity contribution in [1.29, 1.82) is 0 Å². The number of carbonyl (C=O) groups is 2. The minimum atomic E-state index is -0.568. The number of nitrogens with zero attached hydrogens (tertiary/aromatic N) is 1. The molecule has 0 atom stereocenters. The Bertz CT molecular complexity index is 886. The van der Waals surface area contributed by atoms with E-state index in [2.05, 4.69) is 31.9 Å². The molecular weight excluding hydrogens is 424 g/mol. The summed E-state index contributed by atoms with van der Waals surface area (Å²) in [7, 11) is 0. The lowest BCUT2D eigenvalue weighted by molar-refractivity contribution is -0.384. The van der Waals surface area contributed by atoms with E-state index in [0.29, 0.717) is 15.8 Å². The van der Waals surface area contributed by atoms with Crippen molar-refractivity contribution >= 4 is 62.1 Å². The first-order chi connectivity index (χ1) is 12.3. The number of rotatable bonds is 4. The average molecular weight is 437 g/mol. The highest BCUT2D eigenvalue weighted by Gasteiger charge is 2.15. The van der Waals surface area contributed by atoms with Crippen LogP contribution >= 0.6 is 28.1 Å². The van der Waals surface area contributed by atoms with Gasteiger partial charge in [-0.25, -0.2) is 0 Å². The van der Waals surface area contributed by atoms with Crippen molar-refractivity contribution in [1.82, 2.24) is 5.32 Å². The van der Waals surface area contributed by atoms with Gasteiger partial charge < -0.3 is 16.0 Å². The van der Waals surface area contributed by atoms with Gasteiger partial charge in [0.2, 0.25) is 5.91 Å². The molecule has 0 aliphatic carbocycles. The highest BCUT2D eigenvalue weighted by atomic mass is 79.9. The van der Waals surface area contributed by atoms with Gasteiger partial charge in [0.05, 0.1) is 10.5 Å². The SMILES string of the molecule is CC(=O)NC(=S)Nc1ccc(NC(=O)c2cc([N+](=O)[O-])ccc2Br)cc1. The summed E-state index contributed by atoms with van der Waals surface area (Å²) in [6.45, 7) is 1.35. The normalized spacial score (nSPS) is 9.92. The maximum Gasteiger partial charge on any atom is 0.270 e. The number of amides is 2. The van der Waals surface area contributed by atoms with Crippen molar-refractivity contribution in [2.75, 3.05) is 10.6 Å². The highest BCUT2D eigenvalue weighted by Crippen LogP contribution is 2.24. The molecule has 0 spiro atoms. The van der Waals surface area contributed by atoms with E-state index in [1.54, 1.807) is 24.3 Å². The number of thiocarbonyl (C=S) groups is 1. The van der Waals surface area contributed by atoms with Crippen molar-refractivity contribution in [3.05, 3.63) is 62.6 Å². The number of nitro groups is 1. The molecule has 0 saturated heterocycles. The number of halogens is 1. The summed E-state index contributed by atoms with van der Waals surface area (Å²) in [6.07, 6.45) is 0. The summed E-state index contributed by atoms with van der Waals surface area (Å²) in [5.74, 6) is -0.774. The Morgan fingerprint density at radius 3 is 2.19 bits per heavy atom. The summed E-state index contributed by atoms with van der Waals surface area (Å²) in [4.78, 5) is 33.5. The van der Waals surface area contributed by atoms with Crippen LogP contribution in [0.5, 0.6) is 0 Å². The first-order valence-corrected chi connectivity index (χ1v) is 8.40. The second-order valence-corrected chi connectivity index (χ2v) is 6.35. The molecule has 3 N–H and O–H groups in total. The molecule has 0 saturated carbocycles. The van der Waals surface area contributed by atoms with Gasteiger partial charge >= 0.3 is 0 Å². The molecule has 0 fully saturated rings. The molecule has 0 aliphatic heterocycles. The topological polar surface area (TPSA) is 113 Å². The van der Waals surface area contributed by atoms with Crippen LogP contribution in [0.3, 0.4) is 0 Å². The highest BCUT2D eigenvalue weighted by molar-refractivity contribution is 9.10. The van der Waals surface area contributed by atoms with Crippen LogP contribution in [0, 0.1) is 10.1 Å². The standard InChI is InChI=1S/C16H13BrN4O4S/c1-9(22)18-16(26)20-11-4-2-10(3-5-11)19-15(23)13-8-12(21(24)25)6-7-14(13)17/h2-8H,1H3,(H,19,23)(H2,18,20,22,26). The number of hydrogen-bond acceptors (Lipinski definition) is 5. The van der Waals surface area contributed by atoms with Crippen LogP contribution in [0.1, 0.15) is 17.3 Å². The Morgan fingerprint density at radius 2 is 1.65 bits per heavy atom. The smallest absolute Gasteiger partial charge is 0.270 e. The minimum Gasteiger partial charge on any atom is -0.332 e. The molecule has 2 aromatic rings. The van der Waals surface area contributed by atoms with Crippen LogP contribution in [0.2, 0.25) is 0 Å². The third-order valence-electron chi connectivity index (χ3n) is 3.10. The maximum absolute atomic E-state index is 12.3. The summed E-state index contributed by atoms with van der Waals surface area (Å²) < 4.78 is 0.444. The first-order valence-electron chi connectivity index (χ1n) is 7.20. The average Bonchev–Trinajstić information content (AvgIpc) is 2.56. The van der Waals surface area contributed by atoms with Crippen LogP contribution < -0.4 is 16.0 Å². The zero-order valence-electron chi connectivity index (χ0n) is 13.4. The maximum atomic E-state index is 12.3. The number of nitrogens with one attached hydrogen (secondary N) is 3. The number of nitro benzene ring substituents is 1. The van der Waals surface area contributed by atoms with E-state index in [-0.39, 0.29) is 22.3 Å². The van der Waals surface area contributed by atoms with E-state index in [0.717, 1.165) is 0 Å². The molecule has 2 rings (SSSR count). The number of carbonyl (C=O) groups excluding carboxylic acids is 2. The van der Waals surface area contributed by atoms with Crippen LogP contribution in [0.15, 0.2) is 46.9 Å². The zero-order valence-corrected chi connectivity index (χ0v) is 15.8. The largest absolute Gasteiger partial charge is 0.332 e. The fourth-order valence-corrected chi connectivity index (χ4v) is 2.65. The summed E-state index contributed by atoms with van der Waals surface area (Å²) in [6, 6.07) is 10.5. The molecule has 0 bridgehead atoms.